The summed E-state index contributed by atoms with van der Waals surface area (Å²) in [6.07, 6.45) is 1.67. The van der Waals surface area contributed by atoms with E-state index in [-0.39, 0.29) is 0 Å². The third-order valence-corrected chi connectivity index (χ3v) is 1.64. The van der Waals surface area contributed by atoms with Gasteiger partial charge in [0, 0.05) is 5.56 Å². The van der Waals surface area contributed by atoms with Gasteiger partial charge in [-0.1, -0.05) is 0 Å². The van der Waals surface area contributed by atoms with Gasteiger partial charge in [-0.2, -0.15) is 10.4 Å². The lowest BCUT2D eigenvalue weighted by Gasteiger charge is -2.12. The van der Waals surface area contributed by atoms with Crippen molar-refractivity contribution in [2.24, 2.45) is 5.10 Å². The summed E-state index contributed by atoms with van der Waals surface area (Å²) in [7, 11) is 0. The molecule has 4 nitrogen and oxygen atoms in total. The molecule has 1 aromatic carbocycles. The number of hydrazone groups is 1. The Hall–Kier alpha value is -2.02. The highest BCUT2D eigenvalue weighted by molar-refractivity contribution is 5.89. The molecule has 1 aromatic rings. The SMILES string of the molecule is N#Cc1ccc2c(c1)C=NNN2. The lowest BCUT2D eigenvalue weighted by molar-refractivity contribution is 0.872. The zero-order valence-corrected chi connectivity index (χ0v) is 6.20. The molecule has 0 fully saturated rings. The lowest BCUT2D eigenvalue weighted by Crippen LogP contribution is -2.20. The first kappa shape index (κ1) is 6.68. The van der Waals surface area contributed by atoms with Crippen LogP contribution < -0.4 is 11.0 Å². The number of nitrogens with one attached hydrogen (secondary N) is 2. The number of hydrazine groups is 1. The molecule has 0 aromatic heterocycles. The van der Waals surface area contributed by atoms with E-state index in [1.54, 1.807) is 18.3 Å². The highest BCUT2D eigenvalue weighted by Gasteiger charge is 2.03. The summed E-state index contributed by atoms with van der Waals surface area (Å²) in [5.41, 5.74) is 7.97. The number of hydrogen-bond donors (Lipinski definition) is 2. The molecule has 58 valence electrons. The Kier molecular flexibility index (Phi) is 1.42. The van der Waals surface area contributed by atoms with E-state index in [0.717, 1.165) is 11.3 Å². The summed E-state index contributed by atoms with van der Waals surface area (Å²) >= 11 is 0. The van der Waals surface area contributed by atoms with Crippen molar-refractivity contribution in [1.82, 2.24) is 5.53 Å². The Labute approximate surface area is 69.5 Å². The van der Waals surface area contributed by atoms with Gasteiger partial charge in [0.25, 0.3) is 0 Å². The predicted octanol–water partition coefficient (Wildman–Crippen LogP) is 0.822. The van der Waals surface area contributed by atoms with E-state index >= 15 is 0 Å². The van der Waals surface area contributed by atoms with Crippen molar-refractivity contribution in [2.45, 2.75) is 0 Å². The summed E-state index contributed by atoms with van der Waals surface area (Å²) in [5, 5.41) is 12.4. The van der Waals surface area contributed by atoms with E-state index in [2.05, 4.69) is 22.1 Å². The zero-order chi connectivity index (χ0) is 8.39. The number of nitrogens with zero attached hydrogens (tertiary/aromatic N) is 2. The maximum absolute atomic E-state index is 8.61. The molecule has 0 aliphatic carbocycles. The van der Waals surface area contributed by atoms with Gasteiger partial charge < -0.3 is 0 Å². The van der Waals surface area contributed by atoms with Gasteiger partial charge in [-0.3, -0.25) is 5.43 Å². The predicted molar refractivity (Wildman–Crippen MR) is 45.5 cm³/mol. The largest absolute Gasteiger partial charge is 0.285 e. The Morgan fingerprint density at radius 2 is 2.33 bits per heavy atom. The van der Waals surface area contributed by atoms with Crippen molar-refractivity contribution in [3.8, 4) is 6.07 Å². The fraction of sp³-hybridized carbons (Fsp3) is 0. The zero-order valence-electron chi connectivity index (χ0n) is 6.20. The molecule has 1 aliphatic rings. The van der Waals surface area contributed by atoms with Crippen LogP contribution in [-0.2, 0) is 0 Å². The molecule has 1 aliphatic heterocycles. The number of anilines is 1. The second-order valence-electron chi connectivity index (χ2n) is 2.41. The highest BCUT2D eigenvalue weighted by Crippen LogP contribution is 2.16. The van der Waals surface area contributed by atoms with Crippen LogP contribution >= 0.6 is 0 Å². The van der Waals surface area contributed by atoms with Gasteiger partial charge in [-0.05, 0) is 18.2 Å². The average molecular weight is 158 g/mol. The average Bonchev–Trinajstić information content (AvgIpc) is 2.17. The molecular weight excluding hydrogens is 152 g/mol. The van der Waals surface area contributed by atoms with Crippen LogP contribution in [0, 0.1) is 11.3 Å². The number of benzene rings is 1. The molecule has 4 heteroatoms. The van der Waals surface area contributed by atoms with Gasteiger partial charge in [0.05, 0.1) is 23.5 Å². The molecule has 0 radical (unpaired) electrons. The van der Waals surface area contributed by atoms with E-state index in [9.17, 15) is 0 Å². The molecule has 0 saturated carbocycles. The van der Waals surface area contributed by atoms with Crippen molar-refractivity contribution in [3.05, 3.63) is 29.3 Å². The van der Waals surface area contributed by atoms with Crippen LogP contribution in [0.15, 0.2) is 23.3 Å². The van der Waals surface area contributed by atoms with Crippen molar-refractivity contribution >= 4 is 11.9 Å². The minimum Gasteiger partial charge on any atom is -0.285 e. The lowest BCUT2D eigenvalue weighted by atomic mass is 10.1. The maximum atomic E-state index is 8.61. The normalized spacial score (nSPS) is 12.2. The Bertz CT molecular complexity index is 375. The number of hydrogen-bond acceptors (Lipinski definition) is 4. The molecule has 0 unspecified atom stereocenters. The van der Waals surface area contributed by atoms with Crippen molar-refractivity contribution in [1.29, 1.82) is 5.26 Å². The van der Waals surface area contributed by atoms with E-state index in [4.69, 9.17) is 5.26 Å². The molecule has 0 atom stereocenters. The van der Waals surface area contributed by atoms with Crippen LogP contribution in [-0.4, -0.2) is 6.21 Å². The van der Waals surface area contributed by atoms with E-state index in [1.165, 1.54) is 0 Å². The molecule has 0 spiro atoms. The van der Waals surface area contributed by atoms with Gasteiger partial charge in [-0.15, -0.1) is 0 Å². The molecule has 2 rings (SSSR count). The molecule has 0 bridgehead atoms. The fourth-order valence-corrected chi connectivity index (χ4v) is 1.05. The van der Waals surface area contributed by atoms with E-state index < -0.39 is 0 Å². The number of rotatable bonds is 0. The van der Waals surface area contributed by atoms with E-state index in [1.807, 2.05) is 6.07 Å². The van der Waals surface area contributed by atoms with Crippen molar-refractivity contribution < 1.29 is 0 Å². The Balaban J connectivity index is 2.53. The molecule has 0 amide bonds. The van der Waals surface area contributed by atoms with Gasteiger partial charge in [0.1, 0.15) is 0 Å². The minimum absolute atomic E-state index is 0.643. The summed E-state index contributed by atoms with van der Waals surface area (Å²) < 4.78 is 0. The quantitative estimate of drug-likeness (QED) is 0.587. The second-order valence-corrected chi connectivity index (χ2v) is 2.41. The van der Waals surface area contributed by atoms with Gasteiger partial charge in [-0.25, -0.2) is 5.53 Å². The van der Waals surface area contributed by atoms with Crippen LogP contribution in [0.25, 0.3) is 0 Å². The third-order valence-electron chi connectivity index (χ3n) is 1.64. The summed E-state index contributed by atoms with van der Waals surface area (Å²) in [6, 6.07) is 7.45. The molecule has 0 saturated heterocycles. The summed E-state index contributed by atoms with van der Waals surface area (Å²) in [5.74, 6) is 0. The molecule has 1 heterocycles. The topological polar surface area (TPSA) is 60.2 Å². The van der Waals surface area contributed by atoms with Crippen LogP contribution in [0.1, 0.15) is 11.1 Å². The fourth-order valence-electron chi connectivity index (χ4n) is 1.05. The summed E-state index contributed by atoms with van der Waals surface area (Å²) in [6.45, 7) is 0. The minimum atomic E-state index is 0.643. The van der Waals surface area contributed by atoms with Crippen LogP contribution in [0.5, 0.6) is 0 Å². The first-order valence-corrected chi connectivity index (χ1v) is 3.48. The molecule has 2 N–H and O–H groups in total. The first-order valence-electron chi connectivity index (χ1n) is 3.48. The number of fused-ring (bicyclic) bond motifs is 1. The standard InChI is InChI=1S/C8H6N4/c9-4-6-1-2-8-7(3-6)5-10-12-11-8/h1-3,5,11-12H. The van der Waals surface area contributed by atoms with Crippen LogP contribution in [0.2, 0.25) is 0 Å². The second kappa shape index (κ2) is 2.55. The van der Waals surface area contributed by atoms with E-state index in [0.29, 0.717) is 5.56 Å². The van der Waals surface area contributed by atoms with Gasteiger partial charge >= 0.3 is 0 Å². The Morgan fingerprint density at radius 3 is 3.17 bits per heavy atom. The highest BCUT2D eigenvalue weighted by atomic mass is 15.6. The molecular formula is C8H6N4. The summed E-state index contributed by atoms with van der Waals surface area (Å²) in [4.78, 5) is 0. The van der Waals surface area contributed by atoms with Gasteiger partial charge in [0.2, 0.25) is 0 Å². The van der Waals surface area contributed by atoms with Crippen LogP contribution in [0.3, 0.4) is 0 Å². The smallest absolute Gasteiger partial charge is 0.0991 e. The monoisotopic (exact) mass is 158 g/mol. The number of nitriles is 1. The first-order chi connectivity index (χ1) is 5.90. The third kappa shape index (κ3) is 0.974. The maximum Gasteiger partial charge on any atom is 0.0991 e. The Morgan fingerprint density at radius 1 is 1.42 bits per heavy atom. The van der Waals surface area contributed by atoms with Crippen molar-refractivity contribution in [2.75, 3.05) is 5.43 Å². The van der Waals surface area contributed by atoms with Crippen molar-refractivity contribution in [3.63, 3.8) is 0 Å². The molecule has 12 heavy (non-hydrogen) atoms. The van der Waals surface area contributed by atoms with Crippen LogP contribution in [0.4, 0.5) is 5.69 Å². The van der Waals surface area contributed by atoms with Gasteiger partial charge in [0.15, 0.2) is 0 Å².